The van der Waals surface area contributed by atoms with Gasteiger partial charge in [0.2, 0.25) is 11.8 Å². The lowest BCUT2D eigenvalue weighted by atomic mass is 10.1. The first kappa shape index (κ1) is 20.8. The summed E-state index contributed by atoms with van der Waals surface area (Å²) in [6.07, 6.45) is 0.897. The summed E-state index contributed by atoms with van der Waals surface area (Å²) in [4.78, 5) is 33.5. The van der Waals surface area contributed by atoms with Crippen LogP contribution in [0.1, 0.15) is 23.7 Å². The van der Waals surface area contributed by atoms with Crippen molar-refractivity contribution in [1.82, 2.24) is 25.3 Å². The zero-order chi connectivity index (χ0) is 20.6. The minimum atomic E-state index is -0.685. The number of methoxy groups -OCH3 is 1. The summed E-state index contributed by atoms with van der Waals surface area (Å²) in [5, 5.41) is 6.65. The Bertz CT molecular complexity index is 810. The number of hydrogen-bond donors (Lipinski definition) is 1. The lowest BCUT2D eigenvalue weighted by molar-refractivity contribution is -0.140. The van der Waals surface area contributed by atoms with Gasteiger partial charge in [-0.2, -0.15) is 4.98 Å². The summed E-state index contributed by atoms with van der Waals surface area (Å²) in [7, 11) is 1.62. The summed E-state index contributed by atoms with van der Waals surface area (Å²) in [6.45, 7) is 4.18. The maximum Gasteiger partial charge on any atom is 0.318 e. The van der Waals surface area contributed by atoms with Crippen molar-refractivity contribution in [1.29, 1.82) is 0 Å². The largest absolute Gasteiger partial charge is 0.385 e. The minimum Gasteiger partial charge on any atom is -0.385 e. The van der Waals surface area contributed by atoms with Crippen LogP contribution in [0.4, 0.5) is 4.79 Å². The Morgan fingerprint density at radius 2 is 2.10 bits per heavy atom. The van der Waals surface area contributed by atoms with Crippen molar-refractivity contribution in [2.45, 2.75) is 32.4 Å². The number of amides is 3. The predicted octanol–water partition coefficient (Wildman–Crippen LogP) is 1.38. The first-order valence-electron chi connectivity index (χ1n) is 9.74. The quantitative estimate of drug-likeness (QED) is 0.671. The first-order valence-corrected chi connectivity index (χ1v) is 9.74. The average molecular weight is 401 g/mol. The zero-order valence-corrected chi connectivity index (χ0v) is 16.8. The summed E-state index contributed by atoms with van der Waals surface area (Å²) in [5.41, 5.74) is 1.05. The highest BCUT2D eigenvalue weighted by molar-refractivity contribution is 5.88. The normalized spacial score (nSPS) is 16.9. The molecule has 9 nitrogen and oxygen atoms in total. The number of aromatic nitrogens is 2. The molecule has 1 aliphatic rings. The summed E-state index contributed by atoms with van der Waals surface area (Å²) >= 11 is 0. The fraction of sp³-hybridized carbons (Fsp3) is 0.500. The molecule has 29 heavy (non-hydrogen) atoms. The van der Waals surface area contributed by atoms with E-state index in [1.165, 1.54) is 0 Å². The fourth-order valence-electron chi connectivity index (χ4n) is 3.34. The first-order chi connectivity index (χ1) is 14.1. The summed E-state index contributed by atoms with van der Waals surface area (Å²) in [5.74, 6) is 0.725. The van der Waals surface area contributed by atoms with Gasteiger partial charge in [-0.25, -0.2) is 4.79 Å². The van der Waals surface area contributed by atoms with Gasteiger partial charge in [0, 0.05) is 39.9 Å². The zero-order valence-electron chi connectivity index (χ0n) is 16.8. The molecule has 2 aromatic rings. The molecule has 1 N–H and O–H groups in total. The number of nitrogens with zero attached hydrogens (tertiary/aromatic N) is 4. The van der Waals surface area contributed by atoms with Crippen molar-refractivity contribution in [3.05, 3.63) is 47.6 Å². The number of piperazine rings is 1. The molecule has 0 radical (unpaired) electrons. The van der Waals surface area contributed by atoms with Gasteiger partial charge in [0.1, 0.15) is 6.04 Å². The van der Waals surface area contributed by atoms with Crippen LogP contribution in [0.3, 0.4) is 0 Å². The van der Waals surface area contributed by atoms with E-state index in [2.05, 4.69) is 15.5 Å². The van der Waals surface area contributed by atoms with Crippen molar-refractivity contribution in [2.75, 3.05) is 33.4 Å². The molecule has 0 aliphatic carbocycles. The number of nitrogens with one attached hydrogen (secondary N) is 1. The molecule has 2 heterocycles. The second-order valence-electron chi connectivity index (χ2n) is 6.97. The topological polar surface area (TPSA) is 101 Å². The monoisotopic (exact) mass is 401 g/mol. The molecular formula is C20H27N5O4. The van der Waals surface area contributed by atoms with Crippen LogP contribution in [-0.4, -0.2) is 71.3 Å². The molecule has 1 saturated heterocycles. The van der Waals surface area contributed by atoms with Crippen molar-refractivity contribution < 1.29 is 18.8 Å². The Hall–Kier alpha value is -2.94. The van der Waals surface area contributed by atoms with Crippen LogP contribution in [0.5, 0.6) is 0 Å². The van der Waals surface area contributed by atoms with Crippen molar-refractivity contribution in [3.8, 4) is 0 Å². The van der Waals surface area contributed by atoms with Gasteiger partial charge in [-0.1, -0.05) is 35.5 Å². The van der Waals surface area contributed by atoms with Gasteiger partial charge in [-0.05, 0) is 18.9 Å². The molecule has 3 rings (SSSR count). The summed E-state index contributed by atoms with van der Waals surface area (Å²) in [6, 6.07) is 8.85. The van der Waals surface area contributed by atoms with Gasteiger partial charge in [0.05, 0.1) is 6.42 Å². The number of aryl methyl sites for hydroxylation is 1. The van der Waals surface area contributed by atoms with Crippen LogP contribution in [0.2, 0.25) is 0 Å². The number of carbonyl (C=O) groups excluding carboxylic acids is 2. The second-order valence-corrected chi connectivity index (χ2v) is 6.97. The van der Waals surface area contributed by atoms with Gasteiger partial charge in [-0.15, -0.1) is 0 Å². The third-order valence-electron chi connectivity index (χ3n) is 4.80. The Morgan fingerprint density at radius 3 is 2.79 bits per heavy atom. The van der Waals surface area contributed by atoms with Crippen LogP contribution >= 0.6 is 0 Å². The van der Waals surface area contributed by atoms with E-state index in [1.807, 2.05) is 30.3 Å². The number of benzene rings is 1. The van der Waals surface area contributed by atoms with Gasteiger partial charge < -0.3 is 24.4 Å². The van der Waals surface area contributed by atoms with E-state index >= 15 is 0 Å². The Labute approximate surface area is 170 Å². The molecular weight excluding hydrogens is 374 g/mol. The highest BCUT2D eigenvalue weighted by atomic mass is 16.5. The Morgan fingerprint density at radius 1 is 1.31 bits per heavy atom. The van der Waals surface area contributed by atoms with Gasteiger partial charge in [-0.3, -0.25) is 4.79 Å². The van der Waals surface area contributed by atoms with Crippen LogP contribution in [0, 0.1) is 6.92 Å². The molecule has 0 spiro atoms. The molecule has 9 heteroatoms. The highest BCUT2D eigenvalue weighted by Gasteiger charge is 2.38. The van der Waals surface area contributed by atoms with E-state index in [-0.39, 0.29) is 18.4 Å². The van der Waals surface area contributed by atoms with Crippen LogP contribution in [0.25, 0.3) is 0 Å². The number of urea groups is 1. The Kier molecular flexibility index (Phi) is 7.18. The van der Waals surface area contributed by atoms with E-state index in [1.54, 1.807) is 23.8 Å². The third kappa shape index (κ3) is 5.54. The predicted molar refractivity (Wildman–Crippen MR) is 105 cm³/mol. The van der Waals surface area contributed by atoms with Crippen LogP contribution in [0.15, 0.2) is 34.9 Å². The molecule has 156 valence electrons. The maximum absolute atomic E-state index is 13.2. The molecule has 1 fully saturated rings. The van der Waals surface area contributed by atoms with Gasteiger partial charge in [0.15, 0.2) is 5.82 Å². The van der Waals surface area contributed by atoms with Crippen molar-refractivity contribution in [2.24, 2.45) is 0 Å². The fourth-order valence-corrected chi connectivity index (χ4v) is 3.34. The van der Waals surface area contributed by atoms with Crippen LogP contribution < -0.4 is 5.32 Å². The number of hydrogen-bond acceptors (Lipinski definition) is 6. The molecule has 1 aliphatic heterocycles. The molecule has 1 aromatic heterocycles. The number of rotatable bonds is 8. The van der Waals surface area contributed by atoms with Crippen molar-refractivity contribution in [3.63, 3.8) is 0 Å². The SMILES string of the molecule is COCCCNC(=O)N1CCN(Cc2ccccc2)C(=O)C1Cc1nc(C)no1. The van der Waals surface area contributed by atoms with Gasteiger partial charge >= 0.3 is 6.03 Å². The molecule has 1 unspecified atom stereocenters. The van der Waals surface area contributed by atoms with Gasteiger partial charge in [0.25, 0.3) is 0 Å². The van der Waals surface area contributed by atoms with Crippen molar-refractivity contribution >= 4 is 11.9 Å². The third-order valence-corrected chi connectivity index (χ3v) is 4.80. The highest BCUT2D eigenvalue weighted by Crippen LogP contribution is 2.18. The number of ether oxygens (including phenoxy) is 1. The van der Waals surface area contributed by atoms with E-state index < -0.39 is 6.04 Å². The summed E-state index contributed by atoms with van der Waals surface area (Å²) < 4.78 is 10.2. The average Bonchev–Trinajstić information content (AvgIpc) is 3.14. The minimum absolute atomic E-state index is 0.122. The second kappa shape index (κ2) is 10.0. The van der Waals surface area contributed by atoms with Crippen LogP contribution in [-0.2, 0) is 22.5 Å². The molecule has 1 aromatic carbocycles. The van der Waals surface area contributed by atoms with E-state index in [4.69, 9.17) is 9.26 Å². The standard InChI is InChI=1S/C20H27N5O4/c1-15-22-18(29-23-15)13-17-19(26)24(14-16-7-4-3-5-8-16)10-11-25(17)20(27)21-9-6-12-28-2/h3-5,7-8,17H,6,9-14H2,1-2H3,(H,21,27). The molecule has 0 saturated carbocycles. The molecule has 0 bridgehead atoms. The van der Waals surface area contributed by atoms with E-state index in [9.17, 15) is 9.59 Å². The lowest BCUT2D eigenvalue weighted by Crippen LogP contribution is -2.61. The van der Waals surface area contributed by atoms with E-state index in [0.29, 0.717) is 50.9 Å². The number of carbonyl (C=O) groups is 2. The Balaban J connectivity index is 1.71. The van der Waals surface area contributed by atoms with E-state index in [0.717, 1.165) is 5.56 Å². The molecule has 1 atom stereocenters. The smallest absolute Gasteiger partial charge is 0.318 e. The molecule has 3 amide bonds. The lowest BCUT2D eigenvalue weighted by Gasteiger charge is -2.40. The maximum atomic E-state index is 13.2.